The Labute approximate surface area is 136 Å². The fourth-order valence-electron chi connectivity index (χ4n) is 2.57. The van der Waals surface area contributed by atoms with E-state index in [9.17, 15) is 0 Å². The fourth-order valence-corrected chi connectivity index (χ4v) is 2.70. The molecular formula is C20H18ClN. The molecule has 1 nitrogen and oxygen atoms in total. The summed E-state index contributed by atoms with van der Waals surface area (Å²) in [6, 6.07) is 25.0. The lowest BCUT2D eigenvalue weighted by Crippen LogP contribution is -2.10. The third-order valence-electron chi connectivity index (χ3n) is 3.60. The molecule has 0 saturated carbocycles. The number of halogens is 1. The van der Waals surface area contributed by atoms with Crippen LogP contribution in [0.5, 0.6) is 0 Å². The molecule has 22 heavy (non-hydrogen) atoms. The van der Waals surface area contributed by atoms with Gasteiger partial charge in [0.25, 0.3) is 0 Å². The molecule has 0 bridgehead atoms. The number of hydrogen-bond acceptors (Lipinski definition) is 1. The maximum Gasteiger partial charge on any atom is 0.0464 e. The normalized spacial score (nSPS) is 10.5. The highest BCUT2D eigenvalue weighted by Crippen LogP contribution is 2.35. The predicted octanol–water partition coefficient (Wildman–Crippen LogP) is 6.43. The second-order valence-corrected chi connectivity index (χ2v) is 5.93. The number of rotatable bonds is 3. The van der Waals surface area contributed by atoms with Crippen molar-refractivity contribution in [3.05, 3.63) is 88.9 Å². The van der Waals surface area contributed by atoms with Crippen molar-refractivity contribution in [2.75, 3.05) is 4.90 Å². The summed E-state index contributed by atoms with van der Waals surface area (Å²) < 4.78 is 0. The van der Waals surface area contributed by atoms with Crippen molar-refractivity contribution < 1.29 is 0 Å². The zero-order chi connectivity index (χ0) is 15.5. The molecule has 0 saturated heterocycles. The molecule has 0 aliphatic rings. The van der Waals surface area contributed by atoms with E-state index in [4.69, 9.17) is 11.6 Å². The summed E-state index contributed by atoms with van der Waals surface area (Å²) >= 11 is 6.04. The van der Waals surface area contributed by atoms with Crippen molar-refractivity contribution in [3.63, 3.8) is 0 Å². The Morgan fingerprint density at radius 3 is 1.59 bits per heavy atom. The maximum absolute atomic E-state index is 6.04. The van der Waals surface area contributed by atoms with Gasteiger partial charge in [-0.3, -0.25) is 0 Å². The van der Waals surface area contributed by atoms with Crippen LogP contribution >= 0.6 is 11.6 Å². The third kappa shape index (κ3) is 3.15. The lowest BCUT2D eigenvalue weighted by Gasteiger charge is -2.26. The molecule has 0 unspecified atom stereocenters. The highest BCUT2D eigenvalue weighted by molar-refractivity contribution is 6.30. The van der Waals surface area contributed by atoms with E-state index in [1.54, 1.807) is 0 Å². The monoisotopic (exact) mass is 307 g/mol. The van der Waals surface area contributed by atoms with Crippen LogP contribution in [0.3, 0.4) is 0 Å². The standard InChI is InChI=1S/C20H18ClN/c1-15-5-3-7-19(13-15)22(18-11-9-17(21)10-12-18)20-8-4-6-16(2)14-20/h3-14H,1-2H3. The molecule has 0 aliphatic carbocycles. The first-order valence-electron chi connectivity index (χ1n) is 7.32. The van der Waals surface area contributed by atoms with Crippen LogP contribution in [-0.2, 0) is 0 Å². The Kier molecular flexibility index (Phi) is 4.17. The number of nitrogens with zero attached hydrogens (tertiary/aromatic N) is 1. The minimum Gasteiger partial charge on any atom is -0.310 e. The molecule has 0 heterocycles. The van der Waals surface area contributed by atoms with Crippen LogP contribution in [0.1, 0.15) is 11.1 Å². The number of benzene rings is 3. The van der Waals surface area contributed by atoms with E-state index in [0.29, 0.717) is 0 Å². The Bertz CT molecular complexity index is 732. The number of anilines is 3. The second-order valence-electron chi connectivity index (χ2n) is 5.49. The van der Waals surface area contributed by atoms with Gasteiger partial charge >= 0.3 is 0 Å². The van der Waals surface area contributed by atoms with Gasteiger partial charge in [0.2, 0.25) is 0 Å². The Hall–Kier alpha value is -2.25. The molecule has 0 aromatic heterocycles. The Balaban J connectivity index is 2.15. The van der Waals surface area contributed by atoms with Crippen LogP contribution in [0.25, 0.3) is 0 Å². The van der Waals surface area contributed by atoms with E-state index in [0.717, 1.165) is 22.1 Å². The first-order chi connectivity index (χ1) is 10.6. The average molecular weight is 308 g/mol. The van der Waals surface area contributed by atoms with Crippen LogP contribution in [0, 0.1) is 13.8 Å². The van der Waals surface area contributed by atoms with Crippen LogP contribution in [0.4, 0.5) is 17.1 Å². The summed E-state index contributed by atoms with van der Waals surface area (Å²) in [7, 11) is 0. The molecule has 0 spiro atoms. The minimum atomic E-state index is 0.747. The van der Waals surface area contributed by atoms with Crippen molar-refractivity contribution >= 4 is 28.7 Å². The smallest absolute Gasteiger partial charge is 0.0464 e. The van der Waals surface area contributed by atoms with Gasteiger partial charge in [-0.1, -0.05) is 35.9 Å². The molecule has 3 rings (SSSR count). The summed E-state index contributed by atoms with van der Waals surface area (Å²) in [5, 5.41) is 0.747. The number of aryl methyl sites for hydroxylation is 2. The highest BCUT2D eigenvalue weighted by atomic mass is 35.5. The van der Waals surface area contributed by atoms with Gasteiger partial charge in [-0.25, -0.2) is 0 Å². The molecule has 110 valence electrons. The van der Waals surface area contributed by atoms with Crippen LogP contribution < -0.4 is 4.90 Å². The van der Waals surface area contributed by atoms with E-state index in [1.807, 2.05) is 24.3 Å². The van der Waals surface area contributed by atoms with Gasteiger partial charge in [-0.2, -0.15) is 0 Å². The van der Waals surface area contributed by atoms with Crippen molar-refractivity contribution in [2.24, 2.45) is 0 Å². The first-order valence-corrected chi connectivity index (χ1v) is 7.70. The van der Waals surface area contributed by atoms with Gasteiger partial charge in [-0.05, 0) is 73.5 Å². The fraction of sp³-hybridized carbons (Fsp3) is 0.100. The summed E-state index contributed by atoms with van der Waals surface area (Å²) in [4.78, 5) is 2.25. The van der Waals surface area contributed by atoms with Crippen LogP contribution in [0.2, 0.25) is 5.02 Å². The molecule has 3 aromatic rings. The SMILES string of the molecule is Cc1cccc(N(c2ccc(Cl)cc2)c2cccc(C)c2)c1. The number of hydrogen-bond donors (Lipinski definition) is 0. The predicted molar refractivity (Wildman–Crippen MR) is 95.6 cm³/mol. The quantitative estimate of drug-likeness (QED) is 0.539. The van der Waals surface area contributed by atoms with E-state index in [2.05, 4.69) is 67.3 Å². The van der Waals surface area contributed by atoms with Crippen LogP contribution in [0.15, 0.2) is 72.8 Å². The summed E-state index contributed by atoms with van der Waals surface area (Å²) in [6.45, 7) is 4.22. The minimum absolute atomic E-state index is 0.747. The zero-order valence-electron chi connectivity index (χ0n) is 12.8. The van der Waals surface area contributed by atoms with Gasteiger partial charge in [-0.15, -0.1) is 0 Å². The van der Waals surface area contributed by atoms with E-state index in [-0.39, 0.29) is 0 Å². The second kappa shape index (κ2) is 6.25. The van der Waals surface area contributed by atoms with E-state index in [1.165, 1.54) is 11.1 Å². The lowest BCUT2D eigenvalue weighted by molar-refractivity contribution is 1.26. The van der Waals surface area contributed by atoms with Crippen molar-refractivity contribution in [2.45, 2.75) is 13.8 Å². The largest absolute Gasteiger partial charge is 0.310 e. The van der Waals surface area contributed by atoms with Crippen molar-refractivity contribution in [1.82, 2.24) is 0 Å². The van der Waals surface area contributed by atoms with Gasteiger partial charge < -0.3 is 4.90 Å². The zero-order valence-corrected chi connectivity index (χ0v) is 13.5. The van der Waals surface area contributed by atoms with Gasteiger partial charge in [0.05, 0.1) is 0 Å². The Morgan fingerprint density at radius 2 is 1.14 bits per heavy atom. The molecule has 0 atom stereocenters. The average Bonchev–Trinajstić information content (AvgIpc) is 2.50. The molecule has 0 N–H and O–H groups in total. The van der Waals surface area contributed by atoms with E-state index >= 15 is 0 Å². The summed E-state index contributed by atoms with van der Waals surface area (Å²) in [5.41, 5.74) is 5.87. The molecule has 3 aromatic carbocycles. The third-order valence-corrected chi connectivity index (χ3v) is 3.86. The van der Waals surface area contributed by atoms with Crippen LogP contribution in [-0.4, -0.2) is 0 Å². The van der Waals surface area contributed by atoms with Gasteiger partial charge in [0.1, 0.15) is 0 Å². The topological polar surface area (TPSA) is 3.24 Å². The maximum atomic E-state index is 6.04. The molecule has 0 aliphatic heterocycles. The van der Waals surface area contributed by atoms with Crippen molar-refractivity contribution in [1.29, 1.82) is 0 Å². The van der Waals surface area contributed by atoms with Gasteiger partial charge in [0, 0.05) is 22.1 Å². The molecule has 2 heteroatoms. The summed E-state index contributed by atoms with van der Waals surface area (Å²) in [6.07, 6.45) is 0. The molecule has 0 amide bonds. The molecular weight excluding hydrogens is 290 g/mol. The van der Waals surface area contributed by atoms with Crippen molar-refractivity contribution in [3.8, 4) is 0 Å². The summed E-state index contributed by atoms with van der Waals surface area (Å²) in [5.74, 6) is 0. The molecule has 0 radical (unpaired) electrons. The van der Waals surface area contributed by atoms with E-state index < -0.39 is 0 Å². The molecule has 0 fully saturated rings. The Morgan fingerprint density at radius 1 is 0.636 bits per heavy atom. The lowest BCUT2D eigenvalue weighted by atomic mass is 10.1. The highest BCUT2D eigenvalue weighted by Gasteiger charge is 2.12. The first kappa shape index (κ1) is 14.7. The van der Waals surface area contributed by atoms with Gasteiger partial charge in [0.15, 0.2) is 0 Å².